The molecule has 0 saturated carbocycles. The second-order valence-corrected chi connectivity index (χ2v) is 12.1. The summed E-state index contributed by atoms with van der Waals surface area (Å²) in [6.45, 7) is -0.448. The number of aromatic amines is 1. The Kier molecular flexibility index (Phi) is 7.96. The molecule has 1 aromatic carbocycles. The number of carbonyl (C=O) groups excluding carboxylic acids is 1. The number of halogens is 5. The highest BCUT2D eigenvalue weighted by Gasteiger charge is 2.26. The zero-order valence-electron chi connectivity index (χ0n) is 17.4. The predicted molar refractivity (Wildman–Crippen MR) is 134 cm³/mol. The van der Waals surface area contributed by atoms with Gasteiger partial charge in [0.2, 0.25) is 0 Å². The molecule has 2 amide bonds. The minimum atomic E-state index is -4.23. The highest BCUT2D eigenvalue weighted by molar-refractivity contribution is 7.92. The molecule has 0 unspecified atom stereocenters. The molecule has 35 heavy (non-hydrogen) atoms. The third-order valence-corrected chi connectivity index (χ3v) is 9.19. The minimum absolute atomic E-state index is 0.0390. The Labute approximate surface area is 223 Å². The molecule has 1 aliphatic rings. The number of rotatable bonds is 6. The lowest BCUT2D eigenvalue weighted by molar-refractivity contribution is 0.142. The van der Waals surface area contributed by atoms with Crippen LogP contribution in [0.15, 0.2) is 34.3 Å². The van der Waals surface area contributed by atoms with Gasteiger partial charge >= 0.3 is 6.03 Å². The van der Waals surface area contributed by atoms with Crippen LogP contribution in [0.25, 0.3) is 5.57 Å². The van der Waals surface area contributed by atoms with Crippen molar-refractivity contribution in [2.75, 3.05) is 13.2 Å². The van der Waals surface area contributed by atoms with E-state index in [0.29, 0.717) is 44.8 Å². The summed E-state index contributed by atoms with van der Waals surface area (Å²) < 4.78 is 46.8. The lowest BCUT2D eigenvalue weighted by Crippen LogP contribution is -2.39. The smallest absolute Gasteiger partial charge is 0.329 e. The summed E-state index contributed by atoms with van der Waals surface area (Å²) in [5, 5.41) is 10.3. The van der Waals surface area contributed by atoms with Crippen LogP contribution in [0.2, 0.25) is 19.4 Å². The molecule has 8 nitrogen and oxygen atoms in total. The van der Waals surface area contributed by atoms with E-state index in [4.69, 9.17) is 51.1 Å². The number of sulfonamides is 1. The van der Waals surface area contributed by atoms with Crippen molar-refractivity contribution in [1.82, 2.24) is 20.2 Å². The molecule has 3 aromatic rings. The summed E-state index contributed by atoms with van der Waals surface area (Å²) in [7, 11) is -4.23. The Bertz CT molecular complexity index is 1420. The Morgan fingerprint density at radius 1 is 1.17 bits per heavy atom. The van der Waals surface area contributed by atoms with Crippen molar-refractivity contribution in [3.05, 3.63) is 72.0 Å². The SMILES string of the molecule is O=C(NC/C(F)=C1\COCc2[nH]nc(Cc3ccc(Cl)cc3Cl)c21)NS(=O)(=O)c1cc(Cl)c(Cl)s1. The summed E-state index contributed by atoms with van der Waals surface area (Å²) in [5.41, 5.74) is 2.56. The summed E-state index contributed by atoms with van der Waals surface area (Å²) in [5.74, 6) is -0.717. The van der Waals surface area contributed by atoms with Crippen molar-refractivity contribution in [3.8, 4) is 0 Å². The zero-order chi connectivity index (χ0) is 25.3. The quantitative estimate of drug-likeness (QED) is 0.343. The van der Waals surface area contributed by atoms with Crippen LogP contribution in [0.4, 0.5) is 9.18 Å². The van der Waals surface area contributed by atoms with E-state index < -0.39 is 28.4 Å². The first-order valence-electron chi connectivity index (χ1n) is 9.76. The fraction of sp³-hybridized carbons (Fsp3) is 0.200. The van der Waals surface area contributed by atoms with Crippen LogP contribution < -0.4 is 10.0 Å². The fourth-order valence-electron chi connectivity index (χ4n) is 3.33. The third kappa shape index (κ3) is 5.93. The molecule has 0 radical (unpaired) electrons. The number of nitrogens with zero attached hydrogens (tertiary/aromatic N) is 1. The van der Waals surface area contributed by atoms with Gasteiger partial charge in [-0.2, -0.15) is 5.10 Å². The molecule has 3 N–H and O–H groups in total. The molecule has 2 aromatic heterocycles. The van der Waals surface area contributed by atoms with Crippen LogP contribution in [0.5, 0.6) is 0 Å². The minimum Gasteiger partial charge on any atom is -0.370 e. The molecule has 186 valence electrons. The van der Waals surface area contributed by atoms with Crippen molar-refractivity contribution in [3.63, 3.8) is 0 Å². The highest BCUT2D eigenvalue weighted by atomic mass is 35.5. The zero-order valence-corrected chi connectivity index (χ0v) is 22.1. The second-order valence-electron chi connectivity index (χ2n) is 7.29. The van der Waals surface area contributed by atoms with Gasteiger partial charge in [0.25, 0.3) is 10.0 Å². The Hall–Kier alpha value is -1.86. The first kappa shape index (κ1) is 26.2. The number of amides is 2. The van der Waals surface area contributed by atoms with Gasteiger partial charge in [-0.15, -0.1) is 11.3 Å². The van der Waals surface area contributed by atoms with Crippen LogP contribution in [-0.2, 0) is 27.8 Å². The number of hydrogen-bond acceptors (Lipinski definition) is 6. The Morgan fingerprint density at radius 2 is 1.94 bits per heavy atom. The van der Waals surface area contributed by atoms with Crippen LogP contribution in [0.1, 0.15) is 22.5 Å². The van der Waals surface area contributed by atoms with Gasteiger partial charge in [-0.1, -0.05) is 52.5 Å². The van der Waals surface area contributed by atoms with Gasteiger partial charge in [-0.05, 0) is 23.8 Å². The molecular formula is C20H15Cl4FN4O4S2. The van der Waals surface area contributed by atoms with Crippen molar-refractivity contribution in [2.24, 2.45) is 0 Å². The van der Waals surface area contributed by atoms with Gasteiger partial charge in [-0.25, -0.2) is 22.3 Å². The highest BCUT2D eigenvalue weighted by Crippen LogP contribution is 2.35. The van der Waals surface area contributed by atoms with Gasteiger partial charge < -0.3 is 10.1 Å². The molecule has 3 heterocycles. The van der Waals surface area contributed by atoms with Crippen molar-refractivity contribution in [1.29, 1.82) is 0 Å². The van der Waals surface area contributed by atoms with Gasteiger partial charge in [0.05, 0.1) is 36.2 Å². The molecule has 0 saturated heterocycles. The largest absolute Gasteiger partial charge is 0.370 e. The summed E-state index contributed by atoms with van der Waals surface area (Å²) in [6.07, 6.45) is 0.302. The van der Waals surface area contributed by atoms with Gasteiger partial charge in [0.15, 0.2) is 0 Å². The predicted octanol–water partition coefficient (Wildman–Crippen LogP) is 5.57. The number of nitrogens with one attached hydrogen (secondary N) is 3. The number of carbonyl (C=O) groups is 1. The van der Waals surface area contributed by atoms with E-state index in [2.05, 4.69) is 15.5 Å². The second kappa shape index (κ2) is 10.6. The molecule has 15 heteroatoms. The van der Waals surface area contributed by atoms with E-state index in [-0.39, 0.29) is 32.4 Å². The van der Waals surface area contributed by atoms with E-state index in [1.54, 1.807) is 22.9 Å². The fourth-order valence-corrected chi connectivity index (χ4v) is 6.61. The van der Waals surface area contributed by atoms with Crippen LogP contribution in [0, 0.1) is 0 Å². The van der Waals surface area contributed by atoms with Gasteiger partial charge in [-0.3, -0.25) is 5.10 Å². The van der Waals surface area contributed by atoms with Gasteiger partial charge in [0, 0.05) is 27.6 Å². The first-order valence-corrected chi connectivity index (χ1v) is 13.6. The third-order valence-electron chi connectivity index (χ3n) is 4.93. The molecule has 1 aliphatic heterocycles. The Morgan fingerprint density at radius 3 is 2.63 bits per heavy atom. The average molecular weight is 600 g/mol. The van der Waals surface area contributed by atoms with Crippen LogP contribution in [-0.4, -0.2) is 37.8 Å². The molecule has 0 bridgehead atoms. The molecular weight excluding hydrogens is 585 g/mol. The molecule has 0 fully saturated rings. The van der Waals surface area contributed by atoms with Crippen molar-refractivity contribution in [2.45, 2.75) is 17.2 Å². The normalized spacial score (nSPS) is 15.0. The number of aromatic nitrogens is 2. The lowest BCUT2D eigenvalue weighted by Gasteiger charge is -2.18. The lowest BCUT2D eigenvalue weighted by atomic mass is 9.97. The number of benzene rings is 1. The molecule has 0 atom stereocenters. The summed E-state index contributed by atoms with van der Waals surface area (Å²) >= 11 is 24.5. The maximum Gasteiger partial charge on any atom is 0.329 e. The topological polar surface area (TPSA) is 113 Å². The van der Waals surface area contributed by atoms with E-state index in [1.807, 2.05) is 0 Å². The molecule has 0 aliphatic carbocycles. The van der Waals surface area contributed by atoms with Crippen molar-refractivity contribution >= 4 is 79.4 Å². The number of thiophene rings is 1. The maximum atomic E-state index is 15.2. The number of ether oxygens (including phenoxy) is 1. The number of fused-ring (bicyclic) bond motifs is 1. The first-order chi connectivity index (χ1) is 16.5. The van der Waals surface area contributed by atoms with E-state index in [9.17, 15) is 13.2 Å². The van der Waals surface area contributed by atoms with E-state index in [1.165, 1.54) is 0 Å². The van der Waals surface area contributed by atoms with Crippen LogP contribution >= 0.6 is 57.7 Å². The van der Waals surface area contributed by atoms with Crippen LogP contribution in [0.3, 0.4) is 0 Å². The molecule has 0 spiro atoms. The standard InChI is InChI=1S/C20H15Cl4FN4O4S2/c21-10-2-1-9(12(22)4-10)3-15-18-11(7-33-8-16(18)28-27-15)14(25)6-26-20(30)29-35(31,32)17-5-13(23)19(24)34-17/h1-2,4-5H,3,6-8H2,(H,27,28)(H2,26,29,30)/b14-11-. The van der Waals surface area contributed by atoms with E-state index in [0.717, 1.165) is 11.6 Å². The summed E-state index contributed by atoms with van der Waals surface area (Å²) in [6, 6.07) is 5.04. The Balaban J connectivity index is 1.50. The monoisotopic (exact) mass is 598 g/mol. The number of H-pyrrole nitrogens is 1. The maximum absolute atomic E-state index is 15.2. The van der Waals surface area contributed by atoms with Gasteiger partial charge in [0.1, 0.15) is 14.4 Å². The van der Waals surface area contributed by atoms with Crippen molar-refractivity contribution < 1.29 is 22.3 Å². The summed E-state index contributed by atoms with van der Waals surface area (Å²) in [4.78, 5) is 12.2. The van der Waals surface area contributed by atoms with E-state index >= 15 is 4.39 Å². The average Bonchev–Trinajstić information content (AvgIpc) is 3.37. The number of urea groups is 1. The molecule has 4 rings (SSSR count). The number of hydrogen-bond donors (Lipinski definition) is 3.